The summed E-state index contributed by atoms with van der Waals surface area (Å²) >= 11 is 0. The molecule has 10 heteroatoms. The number of carbonyl (C=O) groups excluding carboxylic acids is 3. The molecule has 1 atom stereocenters. The van der Waals surface area contributed by atoms with Crippen LogP contribution in [-0.2, 0) is 20.7 Å². The first-order valence-electron chi connectivity index (χ1n) is 9.59. The van der Waals surface area contributed by atoms with Gasteiger partial charge in [-0.25, -0.2) is 9.59 Å². The lowest BCUT2D eigenvalue weighted by Gasteiger charge is -2.30. The number of rotatable bonds is 7. The van der Waals surface area contributed by atoms with Gasteiger partial charge in [-0.15, -0.1) is 0 Å². The number of amides is 1. The molecule has 2 aromatic carbocycles. The van der Waals surface area contributed by atoms with Crippen molar-refractivity contribution in [2.45, 2.75) is 25.2 Å². The Balaban J connectivity index is 1.61. The van der Waals surface area contributed by atoms with Crippen LogP contribution in [-0.4, -0.2) is 37.6 Å². The smallest absolute Gasteiger partial charge is 0.467 e. The summed E-state index contributed by atoms with van der Waals surface area (Å²) in [6.45, 7) is -0.556. The number of carbonyl (C=O) groups is 3. The third-order valence-electron chi connectivity index (χ3n) is 4.61. The summed E-state index contributed by atoms with van der Waals surface area (Å²) in [5.74, 6) is -1.89. The van der Waals surface area contributed by atoms with E-state index in [1.54, 1.807) is 42.5 Å². The lowest BCUT2D eigenvalue weighted by atomic mass is 9.68. The van der Waals surface area contributed by atoms with Crippen molar-refractivity contribution in [3.8, 4) is 11.8 Å². The number of benzene rings is 2. The molecule has 3 N–H and O–H groups in total. The number of hydrogen-bond acceptors (Lipinski definition) is 8. The van der Waals surface area contributed by atoms with E-state index in [-0.39, 0.29) is 30.1 Å². The first kappa shape index (κ1) is 21.9. The predicted molar refractivity (Wildman–Crippen MR) is 110 cm³/mol. The minimum absolute atomic E-state index is 0.0701. The average molecular weight is 421 g/mol. The fraction of sp³-hybridized carbons (Fsp3) is 0.238. The van der Waals surface area contributed by atoms with Crippen LogP contribution in [0.25, 0.3) is 0 Å². The fourth-order valence-electron chi connectivity index (χ4n) is 3.07. The van der Waals surface area contributed by atoms with E-state index in [0.29, 0.717) is 17.5 Å². The highest BCUT2D eigenvalue weighted by atomic mass is 16.7. The number of nitrogens with two attached hydrogens (primary N) is 1. The van der Waals surface area contributed by atoms with Crippen molar-refractivity contribution >= 4 is 24.9 Å². The highest BCUT2D eigenvalue weighted by Gasteiger charge is 2.35. The number of fused-ring (bicyclic) bond motifs is 1. The molecule has 0 saturated heterocycles. The molecule has 1 aliphatic heterocycles. The molecule has 0 radical (unpaired) electrons. The van der Waals surface area contributed by atoms with Gasteiger partial charge in [-0.05, 0) is 30.2 Å². The van der Waals surface area contributed by atoms with E-state index in [1.807, 2.05) is 6.07 Å². The number of ether oxygens (including phenoxy) is 2. The molecule has 31 heavy (non-hydrogen) atoms. The van der Waals surface area contributed by atoms with Gasteiger partial charge >= 0.3 is 19.0 Å². The van der Waals surface area contributed by atoms with Crippen LogP contribution in [0.2, 0.25) is 0 Å². The maximum Gasteiger partial charge on any atom is 0.467 e. The van der Waals surface area contributed by atoms with Crippen molar-refractivity contribution in [3.05, 3.63) is 65.2 Å². The summed E-state index contributed by atoms with van der Waals surface area (Å²) in [4.78, 5) is 36.3. The molecule has 0 spiro atoms. The Morgan fingerprint density at radius 2 is 1.87 bits per heavy atom. The molecular formula is C21H20BN3O6. The van der Waals surface area contributed by atoms with Gasteiger partial charge < -0.3 is 25.1 Å². The van der Waals surface area contributed by atoms with Gasteiger partial charge in [0.05, 0.1) is 17.6 Å². The second kappa shape index (κ2) is 10.3. The number of para-hydroxylation sites is 1. The lowest BCUT2D eigenvalue weighted by molar-refractivity contribution is -0.121. The predicted octanol–water partition coefficient (Wildman–Crippen LogP) is 1.37. The SMILES string of the molecule is N#CCCC(=O)N[C@H]1Cc2cccc(C(=O)OCOC(=O)c3ccccc3)c2OB1N. The zero-order chi connectivity index (χ0) is 22.2. The number of nitriles is 1. The Morgan fingerprint density at radius 3 is 2.61 bits per heavy atom. The Labute approximate surface area is 179 Å². The molecule has 0 aliphatic carbocycles. The molecular weight excluding hydrogens is 401 g/mol. The minimum Gasteiger partial charge on any atom is -0.544 e. The molecule has 0 fully saturated rings. The lowest BCUT2D eigenvalue weighted by Crippen LogP contribution is -2.58. The van der Waals surface area contributed by atoms with Crippen molar-refractivity contribution in [3.63, 3.8) is 0 Å². The molecule has 1 aliphatic rings. The molecule has 0 unspecified atom stereocenters. The van der Waals surface area contributed by atoms with Crippen molar-refractivity contribution in [1.82, 2.24) is 5.32 Å². The third-order valence-corrected chi connectivity index (χ3v) is 4.61. The Kier molecular flexibility index (Phi) is 7.24. The highest BCUT2D eigenvalue weighted by molar-refractivity contribution is 6.51. The summed E-state index contributed by atoms with van der Waals surface area (Å²) in [5, 5.41) is 11.3. The first-order valence-corrected chi connectivity index (χ1v) is 9.59. The molecule has 0 aromatic heterocycles. The molecule has 0 bridgehead atoms. The van der Waals surface area contributed by atoms with Crippen molar-refractivity contribution in [2.24, 2.45) is 5.64 Å². The van der Waals surface area contributed by atoms with Gasteiger partial charge in [0, 0.05) is 12.8 Å². The zero-order valence-corrected chi connectivity index (χ0v) is 16.6. The van der Waals surface area contributed by atoms with Crippen LogP contribution < -0.4 is 15.6 Å². The van der Waals surface area contributed by atoms with Crippen LogP contribution in [0.4, 0.5) is 0 Å². The molecule has 158 valence electrons. The number of nitrogens with zero attached hydrogens (tertiary/aromatic N) is 1. The van der Waals surface area contributed by atoms with Gasteiger partial charge in [0.2, 0.25) is 12.7 Å². The van der Waals surface area contributed by atoms with Crippen LogP contribution in [0, 0.1) is 11.3 Å². The summed E-state index contributed by atoms with van der Waals surface area (Å²) in [5.41, 5.74) is 7.17. The van der Waals surface area contributed by atoms with Gasteiger partial charge in [0.25, 0.3) is 0 Å². The van der Waals surface area contributed by atoms with Gasteiger partial charge in [0.1, 0.15) is 11.3 Å². The van der Waals surface area contributed by atoms with Gasteiger partial charge in [-0.2, -0.15) is 5.26 Å². The van der Waals surface area contributed by atoms with E-state index < -0.39 is 31.7 Å². The van der Waals surface area contributed by atoms with Crippen LogP contribution in [0.3, 0.4) is 0 Å². The number of hydrogen-bond donors (Lipinski definition) is 2. The van der Waals surface area contributed by atoms with Crippen molar-refractivity contribution in [2.75, 3.05) is 6.79 Å². The first-order chi connectivity index (χ1) is 15.0. The van der Waals surface area contributed by atoms with Gasteiger partial charge in [0.15, 0.2) is 0 Å². The minimum atomic E-state index is -0.886. The molecule has 0 saturated carbocycles. The average Bonchev–Trinajstić information content (AvgIpc) is 2.78. The summed E-state index contributed by atoms with van der Waals surface area (Å²) in [7, 11) is -0.886. The molecule has 1 amide bonds. The van der Waals surface area contributed by atoms with Crippen LogP contribution in [0.5, 0.6) is 5.75 Å². The van der Waals surface area contributed by atoms with E-state index in [9.17, 15) is 14.4 Å². The maximum absolute atomic E-state index is 12.5. The van der Waals surface area contributed by atoms with E-state index in [4.69, 9.17) is 25.0 Å². The number of nitrogens with one attached hydrogen (secondary N) is 1. The molecule has 9 nitrogen and oxygen atoms in total. The highest BCUT2D eigenvalue weighted by Crippen LogP contribution is 2.30. The van der Waals surface area contributed by atoms with Gasteiger partial charge in [-0.1, -0.05) is 30.3 Å². The normalized spacial score (nSPS) is 14.5. The van der Waals surface area contributed by atoms with Crippen molar-refractivity contribution in [1.29, 1.82) is 5.26 Å². The molecule has 1 heterocycles. The Hall–Kier alpha value is -3.84. The van der Waals surface area contributed by atoms with Crippen LogP contribution >= 0.6 is 0 Å². The maximum atomic E-state index is 12.5. The van der Waals surface area contributed by atoms with E-state index in [1.165, 1.54) is 6.07 Å². The Bertz CT molecular complexity index is 1010. The third kappa shape index (κ3) is 5.61. The van der Waals surface area contributed by atoms with Crippen LogP contribution in [0.1, 0.15) is 39.1 Å². The topological polar surface area (TPSA) is 141 Å². The second-order valence-corrected chi connectivity index (χ2v) is 6.76. The molecule has 2 aromatic rings. The quantitative estimate of drug-likeness (QED) is 0.388. The van der Waals surface area contributed by atoms with E-state index >= 15 is 0 Å². The zero-order valence-electron chi connectivity index (χ0n) is 16.6. The summed E-state index contributed by atoms with van der Waals surface area (Å²) in [6, 6.07) is 15.2. The van der Waals surface area contributed by atoms with Gasteiger partial charge in [-0.3, -0.25) is 4.79 Å². The van der Waals surface area contributed by atoms with Crippen LogP contribution in [0.15, 0.2) is 48.5 Å². The standard InChI is InChI=1S/C21H20BN3O6/c23-11-5-10-18(26)25-17-12-15-8-4-9-16(19(15)31-22(17)24)21(28)30-13-29-20(27)14-6-2-1-3-7-14/h1-4,6-9,17H,5,10,12-13,24H2,(H,25,26)/t17-/m0/s1. The van der Waals surface area contributed by atoms with Crippen molar-refractivity contribution < 1.29 is 28.5 Å². The Morgan fingerprint density at radius 1 is 1.13 bits per heavy atom. The second-order valence-electron chi connectivity index (χ2n) is 6.76. The summed E-state index contributed by atoms with van der Waals surface area (Å²) in [6.07, 6.45) is 0.523. The summed E-state index contributed by atoms with van der Waals surface area (Å²) < 4.78 is 15.7. The molecule has 3 rings (SSSR count). The van der Waals surface area contributed by atoms with E-state index in [0.717, 1.165) is 0 Å². The largest absolute Gasteiger partial charge is 0.544 e. The monoisotopic (exact) mass is 421 g/mol. The fourth-order valence-corrected chi connectivity index (χ4v) is 3.07. The van der Waals surface area contributed by atoms with E-state index in [2.05, 4.69) is 5.32 Å². The number of esters is 2.